The van der Waals surface area contributed by atoms with Gasteiger partial charge in [-0.3, -0.25) is 0 Å². The van der Waals surface area contributed by atoms with E-state index in [1.807, 2.05) is 0 Å². The van der Waals surface area contributed by atoms with Crippen molar-refractivity contribution in [3.05, 3.63) is 35.5 Å². The third kappa shape index (κ3) is 12.8. The summed E-state index contributed by atoms with van der Waals surface area (Å²) in [5.74, 6) is 13.5. The minimum atomic E-state index is -0.0143. The first kappa shape index (κ1) is 22.3. The highest BCUT2D eigenvalue weighted by atomic mass is 14.1. The maximum absolute atomic E-state index is 3.37. The molecular formula is C24H36. The molecule has 0 nitrogen and oxygen atoms in total. The van der Waals surface area contributed by atoms with Crippen molar-refractivity contribution in [3.63, 3.8) is 0 Å². The highest BCUT2D eigenvalue weighted by Gasteiger charge is 2.06. The molecule has 0 amide bonds. The quantitative estimate of drug-likeness (QED) is 0.361. The fourth-order valence-corrected chi connectivity index (χ4v) is 1.64. The zero-order chi connectivity index (χ0) is 18.6. The Morgan fingerprint density at radius 3 is 1.25 bits per heavy atom. The van der Waals surface area contributed by atoms with Crippen LogP contribution in [0.5, 0.6) is 0 Å². The van der Waals surface area contributed by atoms with Crippen LogP contribution in [0.25, 0.3) is 0 Å². The van der Waals surface area contributed by atoms with Gasteiger partial charge in [-0.1, -0.05) is 62.5 Å². The first-order chi connectivity index (χ1) is 11.1. The Kier molecular flexibility index (Phi) is 10.2. The lowest BCUT2D eigenvalue weighted by Gasteiger charge is -2.08. The molecule has 0 aromatic carbocycles. The second-order valence-electron chi connectivity index (χ2n) is 8.21. The molecule has 0 saturated heterocycles. The Bertz CT molecular complexity index is 518. The van der Waals surface area contributed by atoms with Crippen molar-refractivity contribution in [2.75, 3.05) is 0 Å². The Morgan fingerprint density at radius 2 is 1.00 bits per heavy atom. The summed E-state index contributed by atoms with van der Waals surface area (Å²) in [6, 6.07) is 0. The van der Waals surface area contributed by atoms with Crippen LogP contribution in [0.4, 0.5) is 0 Å². The Hall–Kier alpha value is -1.66. The molecule has 0 heterocycles. The maximum atomic E-state index is 3.37. The van der Waals surface area contributed by atoms with Gasteiger partial charge < -0.3 is 0 Å². The molecule has 0 saturated carbocycles. The largest absolute Gasteiger partial charge is 0.0919 e. The SMILES string of the molecule is CCC/C=C/C(C#CC(C)(C)C)=C(C#CC(C)(C)C)/C=C/CCC. The lowest BCUT2D eigenvalue weighted by Crippen LogP contribution is -2.00. The molecule has 132 valence electrons. The van der Waals surface area contributed by atoms with E-state index in [2.05, 4.69) is 103 Å². The van der Waals surface area contributed by atoms with Crippen molar-refractivity contribution in [3.8, 4) is 23.7 Å². The normalized spacial score (nSPS) is 13.3. The number of hydrogen-bond acceptors (Lipinski definition) is 0. The fourth-order valence-electron chi connectivity index (χ4n) is 1.64. The van der Waals surface area contributed by atoms with Gasteiger partial charge in [0.2, 0.25) is 0 Å². The monoisotopic (exact) mass is 324 g/mol. The Balaban J connectivity index is 6.05. The van der Waals surface area contributed by atoms with E-state index >= 15 is 0 Å². The number of rotatable bonds is 6. The van der Waals surface area contributed by atoms with Crippen molar-refractivity contribution in [1.29, 1.82) is 0 Å². The van der Waals surface area contributed by atoms with E-state index in [-0.39, 0.29) is 10.8 Å². The number of allylic oxidation sites excluding steroid dienone is 6. The number of hydrogen-bond donors (Lipinski definition) is 0. The van der Waals surface area contributed by atoms with Gasteiger partial charge in [0.15, 0.2) is 0 Å². The predicted octanol–water partition coefficient (Wildman–Crippen LogP) is 7.09. The highest BCUT2D eigenvalue weighted by molar-refractivity contribution is 5.54. The zero-order valence-corrected chi connectivity index (χ0v) is 17.1. The minimum Gasteiger partial charge on any atom is -0.0919 e. The van der Waals surface area contributed by atoms with Crippen molar-refractivity contribution in [2.24, 2.45) is 10.8 Å². The molecule has 0 aliphatic rings. The molecule has 0 fully saturated rings. The summed E-state index contributed by atoms with van der Waals surface area (Å²) in [6.07, 6.45) is 13.1. The predicted molar refractivity (Wildman–Crippen MR) is 110 cm³/mol. The maximum Gasteiger partial charge on any atom is 0.0398 e. The van der Waals surface area contributed by atoms with Crippen LogP contribution < -0.4 is 0 Å². The van der Waals surface area contributed by atoms with E-state index in [4.69, 9.17) is 0 Å². The molecule has 0 aromatic heterocycles. The van der Waals surface area contributed by atoms with E-state index in [1.165, 1.54) is 0 Å². The van der Waals surface area contributed by atoms with Gasteiger partial charge in [0.25, 0.3) is 0 Å². The summed E-state index contributed by atoms with van der Waals surface area (Å²) in [7, 11) is 0. The van der Waals surface area contributed by atoms with E-state index in [0.717, 1.165) is 36.8 Å². The van der Waals surface area contributed by atoms with Crippen LogP contribution in [0.1, 0.15) is 81.1 Å². The van der Waals surface area contributed by atoms with E-state index in [9.17, 15) is 0 Å². The van der Waals surface area contributed by atoms with Crippen molar-refractivity contribution in [2.45, 2.75) is 81.1 Å². The molecule has 0 rings (SSSR count). The van der Waals surface area contributed by atoms with E-state index in [0.29, 0.717) is 0 Å². The summed E-state index contributed by atoms with van der Waals surface area (Å²) in [5, 5.41) is 0. The lowest BCUT2D eigenvalue weighted by atomic mass is 9.95. The summed E-state index contributed by atoms with van der Waals surface area (Å²) in [5.41, 5.74) is 2.03. The average molecular weight is 325 g/mol. The third-order valence-electron chi connectivity index (χ3n) is 2.91. The molecule has 0 bridgehead atoms. The van der Waals surface area contributed by atoms with Gasteiger partial charge in [-0.2, -0.15) is 0 Å². The van der Waals surface area contributed by atoms with Crippen LogP contribution >= 0.6 is 0 Å². The summed E-state index contributed by atoms with van der Waals surface area (Å²) in [6.45, 7) is 17.2. The molecule has 0 spiro atoms. The average Bonchev–Trinajstić information content (AvgIpc) is 2.45. The fraction of sp³-hybridized carbons (Fsp3) is 0.583. The molecule has 0 aromatic rings. The van der Waals surface area contributed by atoms with Gasteiger partial charge in [-0.25, -0.2) is 0 Å². The first-order valence-corrected chi connectivity index (χ1v) is 9.22. The Labute approximate surface area is 151 Å². The summed E-state index contributed by atoms with van der Waals surface area (Å²) in [4.78, 5) is 0. The standard InChI is InChI=1S/C24H36/c1-9-11-13-15-21(17-19-23(3,4)5)22(16-14-12-10-2)18-20-24(6,7)8/h13-16H,9-12H2,1-8H3/b15-13+,16-14+,22-21+. The van der Waals surface area contributed by atoms with E-state index in [1.54, 1.807) is 0 Å². The molecule has 0 radical (unpaired) electrons. The van der Waals surface area contributed by atoms with Gasteiger partial charge in [-0.05, 0) is 66.5 Å². The van der Waals surface area contributed by atoms with Crippen molar-refractivity contribution >= 4 is 0 Å². The smallest absolute Gasteiger partial charge is 0.0398 e. The summed E-state index contributed by atoms with van der Waals surface area (Å²) < 4.78 is 0. The first-order valence-electron chi connectivity index (χ1n) is 9.22. The lowest BCUT2D eigenvalue weighted by molar-refractivity contribution is 0.570. The van der Waals surface area contributed by atoms with Gasteiger partial charge in [-0.15, -0.1) is 0 Å². The number of unbranched alkanes of at least 4 members (excludes halogenated alkanes) is 2. The van der Waals surface area contributed by atoms with Crippen molar-refractivity contribution in [1.82, 2.24) is 0 Å². The highest BCUT2D eigenvalue weighted by Crippen LogP contribution is 2.16. The third-order valence-corrected chi connectivity index (χ3v) is 2.91. The molecule has 0 atom stereocenters. The molecule has 0 heteroatoms. The molecule has 0 unspecified atom stereocenters. The summed E-state index contributed by atoms with van der Waals surface area (Å²) >= 11 is 0. The Morgan fingerprint density at radius 1 is 0.667 bits per heavy atom. The molecule has 24 heavy (non-hydrogen) atoms. The van der Waals surface area contributed by atoms with E-state index < -0.39 is 0 Å². The van der Waals surface area contributed by atoms with Crippen LogP contribution in [0.2, 0.25) is 0 Å². The zero-order valence-electron chi connectivity index (χ0n) is 17.1. The van der Waals surface area contributed by atoms with Crippen LogP contribution in [0.3, 0.4) is 0 Å². The van der Waals surface area contributed by atoms with Crippen LogP contribution in [0, 0.1) is 34.5 Å². The van der Waals surface area contributed by atoms with Gasteiger partial charge in [0.05, 0.1) is 0 Å². The van der Waals surface area contributed by atoms with Crippen molar-refractivity contribution < 1.29 is 0 Å². The second kappa shape index (κ2) is 11.0. The van der Waals surface area contributed by atoms with Crippen LogP contribution in [-0.4, -0.2) is 0 Å². The molecule has 0 aliphatic carbocycles. The van der Waals surface area contributed by atoms with Gasteiger partial charge in [0, 0.05) is 22.0 Å². The second-order valence-corrected chi connectivity index (χ2v) is 8.21. The molecule has 0 aliphatic heterocycles. The van der Waals surface area contributed by atoms with Gasteiger partial charge in [0.1, 0.15) is 0 Å². The van der Waals surface area contributed by atoms with Crippen LogP contribution in [0.15, 0.2) is 35.5 Å². The topological polar surface area (TPSA) is 0 Å². The molecular weight excluding hydrogens is 288 g/mol. The van der Waals surface area contributed by atoms with Crippen LogP contribution in [-0.2, 0) is 0 Å². The minimum absolute atomic E-state index is 0.0143. The van der Waals surface area contributed by atoms with Gasteiger partial charge >= 0.3 is 0 Å². The molecule has 0 N–H and O–H groups in total.